The molecule has 0 bridgehead atoms. The van der Waals surface area contributed by atoms with Crippen molar-refractivity contribution in [2.24, 2.45) is 0 Å². The molecule has 0 spiro atoms. The number of ether oxygens (including phenoxy) is 1. The average Bonchev–Trinajstić information content (AvgIpc) is 2.68. The van der Waals surface area contributed by atoms with Gasteiger partial charge < -0.3 is 25.6 Å². The number of nitrogen functional groups attached to an aromatic ring is 1. The molecule has 1 aliphatic heterocycles. The largest absolute Gasteiger partial charge is 0.494 e. The number of nitrogens with two attached hydrogens (primary N) is 1. The highest BCUT2D eigenvalue weighted by Crippen LogP contribution is 2.27. The van der Waals surface area contributed by atoms with Crippen molar-refractivity contribution in [1.82, 2.24) is 4.90 Å². The van der Waals surface area contributed by atoms with Crippen molar-refractivity contribution in [3.63, 3.8) is 0 Å². The molecule has 3 rings (SSSR count). The third-order valence-corrected chi connectivity index (χ3v) is 4.72. The molecule has 6 nitrogen and oxygen atoms in total. The molecule has 1 fully saturated rings. The third kappa shape index (κ3) is 4.92. The van der Waals surface area contributed by atoms with E-state index >= 15 is 0 Å². The van der Waals surface area contributed by atoms with Crippen molar-refractivity contribution in [3.05, 3.63) is 48.0 Å². The van der Waals surface area contributed by atoms with Crippen LogP contribution in [0.15, 0.2) is 42.5 Å². The van der Waals surface area contributed by atoms with Crippen molar-refractivity contribution in [2.75, 3.05) is 55.8 Å². The second kappa shape index (κ2) is 8.77. The number of nitrogens with one attached hydrogen (secondary N) is 1. The highest BCUT2D eigenvalue weighted by atomic mass is 16.5. The van der Waals surface area contributed by atoms with Gasteiger partial charge in [0.1, 0.15) is 5.75 Å². The standard InChI is InChI=1S/C21H28N4O2/c1-3-14-27-18-7-4-16(5-8-18)21(26)23-17-6-9-20(19(22)15-17)25-12-10-24(2)11-13-25/h4-9,15H,3,10-14,22H2,1-2H3,(H,23,26). The van der Waals surface area contributed by atoms with E-state index in [9.17, 15) is 4.79 Å². The Hall–Kier alpha value is -2.73. The summed E-state index contributed by atoms with van der Waals surface area (Å²) >= 11 is 0. The summed E-state index contributed by atoms with van der Waals surface area (Å²) in [7, 11) is 2.13. The van der Waals surface area contributed by atoms with Gasteiger partial charge in [0.05, 0.1) is 18.0 Å². The van der Waals surface area contributed by atoms with E-state index in [4.69, 9.17) is 10.5 Å². The number of carbonyl (C=O) groups is 1. The van der Waals surface area contributed by atoms with Gasteiger partial charge in [-0.05, 0) is 55.9 Å². The van der Waals surface area contributed by atoms with Crippen LogP contribution in [0.1, 0.15) is 23.7 Å². The lowest BCUT2D eigenvalue weighted by Crippen LogP contribution is -2.44. The lowest BCUT2D eigenvalue weighted by Gasteiger charge is -2.34. The molecule has 0 aliphatic carbocycles. The molecule has 27 heavy (non-hydrogen) atoms. The Balaban J connectivity index is 1.63. The summed E-state index contributed by atoms with van der Waals surface area (Å²) in [5.41, 5.74) is 9.23. The van der Waals surface area contributed by atoms with Gasteiger partial charge in [0, 0.05) is 37.4 Å². The van der Waals surface area contributed by atoms with Gasteiger partial charge in [-0.1, -0.05) is 6.92 Å². The molecule has 1 saturated heterocycles. The highest BCUT2D eigenvalue weighted by Gasteiger charge is 2.16. The zero-order valence-corrected chi connectivity index (χ0v) is 16.1. The molecule has 0 unspecified atom stereocenters. The molecular weight excluding hydrogens is 340 g/mol. The topological polar surface area (TPSA) is 70.8 Å². The molecule has 0 atom stereocenters. The molecule has 144 valence electrons. The van der Waals surface area contributed by atoms with Crippen molar-refractivity contribution in [3.8, 4) is 5.75 Å². The number of piperazine rings is 1. The monoisotopic (exact) mass is 368 g/mol. The number of hydrogen-bond donors (Lipinski definition) is 2. The summed E-state index contributed by atoms with van der Waals surface area (Å²) in [4.78, 5) is 17.1. The van der Waals surface area contributed by atoms with Crippen LogP contribution in [0.4, 0.5) is 17.1 Å². The lowest BCUT2D eigenvalue weighted by atomic mass is 10.1. The molecular formula is C21H28N4O2. The number of likely N-dealkylation sites (N-methyl/N-ethyl adjacent to an activating group) is 1. The first-order valence-electron chi connectivity index (χ1n) is 9.44. The number of carbonyl (C=O) groups excluding carboxylic acids is 1. The molecule has 3 N–H and O–H groups in total. The predicted molar refractivity (Wildman–Crippen MR) is 111 cm³/mol. The number of nitrogens with zero attached hydrogens (tertiary/aromatic N) is 2. The van der Waals surface area contributed by atoms with Crippen LogP contribution >= 0.6 is 0 Å². The maximum Gasteiger partial charge on any atom is 0.255 e. The fourth-order valence-corrected chi connectivity index (χ4v) is 3.09. The smallest absolute Gasteiger partial charge is 0.255 e. The zero-order chi connectivity index (χ0) is 19.2. The molecule has 1 amide bonds. The Bertz CT molecular complexity index is 768. The van der Waals surface area contributed by atoms with Crippen molar-refractivity contribution in [1.29, 1.82) is 0 Å². The number of amides is 1. The van der Waals surface area contributed by atoms with Crippen LogP contribution in [0.3, 0.4) is 0 Å². The average molecular weight is 368 g/mol. The number of rotatable bonds is 6. The summed E-state index contributed by atoms with van der Waals surface area (Å²) in [5, 5.41) is 2.91. The first-order chi connectivity index (χ1) is 13.1. The molecule has 0 aromatic heterocycles. The van der Waals surface area contributed by atoms with E-state index in [-0.39, 0.29) is 5.91 Å². The van der Waals surface area contributed by atoms with Gasteiger partial charge in [0.15, 0.2) is 0 Å². The lowest BCUT2D eigenvalue weighted by molar-refractivity contribution is 0.102. The molecule has 0 saturated carbocycles. The predicted octanol–water partition coefficient (Wildman–Crippen LogP) is 3.06. The first kappa shape index (κ1) is 19.0. The third-order valence-electron chi connectivity index (χ3n) is 4.72. The molecule has 1 heterocycles. The van der Waals surface area contributed by atoms with Gasteiger partial charge >= 0.3 is 0 Å². The van der Waals surface area contributed by atoms with Gasteiger partial charge in [-0.15, -0.1) is 0 Å². The summed E-state index contributed by atoms with van der Waals surface area (Å²) in [6.07, 6.45) is 0.952. The van der Waals surface area contributed by atoms with Crippen molar-refractivity contribution < 1.29 is 9.53 Å². The van der Waals surface area contributed by atoms with Crippen LogP contribution in [0, 0.1) is 0 Å². The van der Waals surface area contributed by atoms with Crippen LogP contribution in [0.2, 0.25) is 0 Å². The fourth-order valence-electron chi connectivity index (χ4n) is 3.09. The molecule has 1 aliphatic rings. The second-order valence-corrected chi connectivity index (χ2v) is 6.89. The van der Waals surface area contributed by atoms with E-state index in [1.165, 1.54) is 0 Å². The van der Waals surface area contributed by atoms with E-state index in [0.29, 0.717) is 23.5 Å². The van der Waals surface area contributed by atoms with E-state index in [0.717, 1.165) is 44.0 Å². The molecule has 2 aromatic rings. The molecule has 6 heteroatoms. The van der Waals surface area contributed by atoms with Gasteiger partial charge in [-0.25, -0.2) is 0 Å². The minimum atomic E-state index is -0.163. The van der Waals surface area contributed by atoms with Crippen LogP contribution in [-0.2, 0) is 0 Å². The summed E-state index contributed by atoms with van der Waals surface area (Å²) in [5.74, 6) is 0.609. The minimum absolute atomic E-state index is 0.163. The Morgan fingerprint density at radius 1 is 1.11 bits per heavy atom. The van der Waals surface area contributed by atoms with E-state index in [1.54, 1.807) is 12.1 Å². The first-order valence-corrected chi connectivity index (χ1v) is 9.44. The maximum atomic E-state index is 12.5. The second-order valence-electron chi connectivity index (χ2n) is 6.89. The van der Waals surface area contributed by atoms with Gasteiger partial charge in [-0.2, -0.15) is 0 Å². The summed E-state index contributed by atoms with van der Waals surface area (Å²) < 4.78 is 5.55. The maximum absolute atomic E-state index is 12.5. The number of anilines is 3. The van der Waals surface area contributed by atoms with Crippen LogP contribution in [0.5, 0.6) is 5.75 Å². The normalized spacial score (nSPS) is 14.8. The highest BCUT2D eigenvalue weighted by molar-refractivity contribution is 6.04. The SMILES string of the molecule is CCCOc1ccc(C(=O)Nc2ccc(N3CCN(C)CC3)c(N)c2)cc1. The Labute approximate surface area is 160 Å². The van der Waals surface area contributed by atoms with Crippen molar-refractivity contribution >= 4 is 23.0 Å². The molecule has 2 aromatic carbocycles. The Morgan fingerprint density at radius 2 is 1.81 bits per heavy atom. The molecule has 0 radical (unpaired) electrons. The van der Waals surface area contributed by atoms with Gasteiger partial charge in [0.25, 0.3) is 5.91 Å². The number of hydrogen-bond acceptors (Lipinski definition) is 5. The Morgan fingerprint density at radius 3 is 2.44 bits per heavy atom. The van der Waals surface area contributed by atoms with E-state index in [2.05, 4.69) is 29.1 Å². The van der Waals surface area contributed by atoms with Gasteiger partial charge in [-0.3, -0.25) is 4.79 Å². The fraction of sp³-hybridized carbons (Fsp3) is 0.381. The minimum Gasteiger partial charge on any atom is -0.494 e. The van der Waals surface area contributed by atoms with Gasteiger partial charge in [0.2, 0.25) is 0 Å². The quantitative estimate of drug-likeness (QED) is 0.767. The number of benzene rings is 2. The van der Waals surface area contributed by atoms with Crippen LogP contribution < -0.4 is 20.7 Å². The zero-order valence-electron chi connectivity index (χ0n) is 16.1. The Kier molecular flexibility index (Phi) is 6.19. The van der Waals surface area contributed by atoms with Crippen LogP contribution in [0.25, 0.3) is 0 Å². The van der Waals surface area contributed by atoms with Crippen LogP contribution in [-0.4, -0.2) is 50.6 Å². The van der Waals surface area contributed by atoms with E-state index < -0.39 is 0 Å². The van der Waals surface area contributed by atoms with Crippen molar-refractivity contribution in [2.45, 2.75) is 13.3 Å². The summed E-state index contributed by atoms with van der Waals surface area (Å²) in [6.45, 7) is 6.69. The summed E-state index contributed by atoms with van der Waals surface area (Å²) in [6, 6.07) is 12.9. The van der Waals surface area contributed by atoms with E-state index in [1.807, 2.05) is 30.3 Å².